The summed E-state index contributed by atoms with van der Waals surface area (Å²) in [5.41, 5.74) is 18.4. The van der Waals surface area contributed by atoms with E-state index < -0.39 is 5.91 Å². The molecule has 0 aliphatic rings. The fourth-order valence-corrected chi connectivity index (χ4v) is 4.40. The quantitative estimate of drug-likeness (QED) is 0.289. The van der Waals surface area contributed by atoms with E-state index >= 15 is 0 Å². The second-order valence-corrected chi connectivity index (χ2v) is 6.95. The molecule has 6 nitrogen and oxygen atoms in total. The van der Waals surface area contributed by atoms with Crippen molar-refractivity contribution in [2.24, 2.45) is 5.73 Å². The number of nitrogen functional groups attached to an aromatic ring is 1. The highest BCUT2D eigenvalue weighted by Crippen LogP contribution is 2.36. The second-order valence-electron chi connectivity index (χ2n) is 6.95. The average Bonchev–Trinajstić information content (AvgIpc) is 2.94. The monoisotopic (exact) mass is 359 g/mol. The van der Waals surface area contributed by atoms with E-state index in [0.717, 1.165) is 49.7 Å². The molecule has 5 aromatic rings. The zero-order valence-corrected chi connectivity index (χ0v) is 15.3. The van der Waals surface area contributed by atoms with Gasteiger partial charge in [0.25, 0.3) is 11.7 Å². The van der Waals surface area contributed by atoms with Crippen molar-refractivity contribution in [2.75, 3.05) is 12.8 Å². The summed E-state index contributed by atoms with van der Waals surface area (Å²) in [6, 6.07) is 10.1. The average molecular weight is 359 g/mol. The van der Waals surface area contributed by atoms with E-state index in [1.54, 1.807) is 7.11 Å². The number of nitrogens with zero attached hydrogens (tertiary/aromatic N) is 2. The highest BCUT2D eigenvalue weighted by molar-refractivity contribution is 6.16. The first-order chi connectivity index (χ1) is 13.0. The van der Waals surface area contributed by atoms with Crippen molar-refractivity contribution in [3.8, 4) is 5.75 Å². The molecule has 4 N–H and O–H groups in total. The number of rotatable bonds is 2. The number of anilines is 1. The minimum Gasteiger partial charge on any atom is -0.496 e. The van der Waals surface area contributed by atoms with Crippen LogP contribution < -0.4 is 20.6 Å². The lowest BCUT2D eigenvalue weighted by Crippen LogP contribution is -2.28. The van der Waals surface area contributed by atoms with Gasteiger partial charge in [-0.2, -0.15) is 4.40 Å². The number of pyridine rings is 1. The maximum Gasteiger partial charge on any atom is 0.291 e. The number of hydrogen-bond donors (Lipinski definition) is 2. The van der Waals surface area contributed by atoms with Gasteiger partial charge in [0.05, 0.1) is 12.6 Å². The number of ether oxygens (including phenoxy) is 1. The molecule has 0 aliphatic carbocycles. The normalized spacial score (nSPS) is 12.0. The Hall–Kier alpha value is -3.54. The minimum absolute atomic E-state index is 0.358. The van der Waals surface area contributed by atoms with Crippen LogP contribution in [0, 0.1) is 13.8 Å². The van der Waals surface area contributed by atoms with Gasteiger partial charge < -0.3 is 14.9 Å². The van der Waals surface area contributed by atoms with E-state index in [1.807, 2.05) is 48.7 Å². The highest BCUT2D eigenvalue weighted by atomic mass is 16.5. The topological polar surface area (TPSA) is 86.8 Å². The van der Waals surface area contributed by atoms with Gasteiger partial charge in [0, 0.05) is 22.5 Å². The molecular weight excluding hydrogens is 340 g/mol. The minimum atomic E-state index is -0.526. The number of aryl methyl sites for hydroxylation is 2. The largest absolute Gasteiger partial charge is 0.496 e. The van der Waals surface area contributed by atoms with Gasteiger partial charge >= 0.3 is 0 Å². The predicted octanol–water partition coefficient (Wildman–Crippen LogP) is 2.73. The molecule has 2 aromatic carbocycles. The lowest BCUT2D eigenvalue weighted by molar-refractivity contribution is -0.460. The summed E-state index contributed by atoms with van der Waals surface area (Å²) in [5.74, 6) is 0.595. The Labute approximate surface area is 154 Å². The lowest BCUT2D eigenvalue weighted by Gasteiger charge is -2.14. The number of aromatic nitrogens is 2. The summed E-state index contributed by atoms with van der Waals surface area (Å²) in [4.78, 5) is 12.2. The Morgan fingerprint density at radius 2 is 1.93 bits per heavy atom. The Morgan fingerprint density at radius 3 is 2.63 bits per heavy atom. The number of carbonyl (C=O) groups excluding carboxylic acids is 1. The number of carbonyl (C=O) groups is 1. The third-order valence-corrected chi connectivity index (χ3v) is 5.56. The van der Waals surface area contributed by atoms with Crippen LogP contribution in [0.25, 0.3) is 32.8 Å². The Bertz CT molecular complexity index is 1420. The lowest BCUT2D eigenvalue weighted by atomic mass is 10.0. The van der Waals surface area contributed by atoms with Gasteiger partial charge in [-0.3, -0.25) is 10.5 Å². The van der Waals surface area contributed by atoms with E-state index in [0.29, 0.717) is 11.4 Å². The molecule has 1 amide bonds. The summed E-state index contributed by atoms with van der Waals surface area (Å²) < 4.78 is 9.62. The SMILES string of the molecule is COc1ccc2c(c1C)[n+]1c(N)c(C(N)=O)c3cc(C)c4cccn2c4c31. The number of hydrogen-bond acceptors (Lipinski definition) is 3. The van der Waals surface area contributed by atoms with Gasteiger partial charge in [-0.15, -0.1) is 0 Å². The van der Waals surface area contributed by atoms with Crippen LogP contribution in [0.3, 0.4) is 0 Å². The van der Waals surface area contributed by atoms with E-state index in [1.165, 1.54) is 0 Å². The van der Waals surface area contributed by atoms with Crippen LogP contribution in [0.1, 0.15) is 21.5 Å². The van der Waals surface area contributed by atoms with Crippen molar-refractivity contribution in [3.63, 3.8) is 0 Å². The molecule has 3 heterocycles. The Kier molecular flexibility index (Phi) is 2.91. The van der Waals surface area contributed by atoms with Crippen LogP contribution in [-0.4, -0.2) is 17.4 Å². The van der Waals surface area contributed by atoms with Crippen LogP contribution >= 0.6 is 0 Å². The number of nitrogens with two attached hydrogens (primary N) is 2. The Balaban J connectivity index is 2.26. The zero-order valence-electron chi connectivity index (χ0n) is 15.3. The molecule has 6 heteroatoms. The number of benzene rings is 2. The summed E-state index contributed by atoms with van der Waals surface area (Å²) in [5, 5.41) is 1.89. The smallest absolute Gasteiger partial charge is 0.291 e. The maximum absolute atomic E-state index is 12.2. The predicted molar refractivity (Wildman–Crippen MR) is 106 cm³/mol. The van der Waals surface area contributed by atoms with Gasteiger partial charge in [0.15, 0.2) is 11.0 Å². The molecule has 134 valence electrons. The number of methoxy groups -OCH3 is 1. The molecule has 0 atom stereocenters. The number of primary amides is 1. The molecule has 0 unspecified atom stereocenters. The number of amides is 1. The van der Waals surface area contributed by atoms with Crippen LogP contribution in [-0.2, 0) is 0 Å². The standard InChI is InChI=1S/C21H18N4O2/c1-10-9-13-16(21(23)26)20(22)25-17-11(2)15(27-3)7-6-14(17)24-8-4-5-12(10)18(24)19(13)25/h4-9,22H,1-3H3,(H2,23,26)/p+1. The second kappa shape index (κ2) is 5.01. The maximum atomic E-state index is 12.2. The summed E-state index contributed by atoms with van der Waals surface area (Å²) >= 11 is 0. The fraction of sp³-hybridized carbons (Fsp3) is 0.143. The molecule has 0 radical (unpaired) electrons. The van der Waals surface area contributed by atoms with Gasteiger partial charge in [-0.05, 0) is 43.7 Å². The molecule has 0 aliphatic heterocycles. The summed E-state index contributed by atoms with van der Waals surface area (Å²) in [6.07, 6.45) is 2.03. The van der Waals surface area contributed by atoms with Crippen LogP contribution in [0.15, 0.2) is 36.5 Å². The molecular formula is C21H19N4O2+. The Morgan fingerprint density at radius 1 is 1.15 bits per heavy atom. The molecule has 0 bridgehead atoms. The summed E-state index contributed by atoms with van der Waals surface area (Å²) in [6.45, 7) is 4.03. The third-order valence-electron chi connectivity index (χ3n) is 5.56. The molecule has 0 saturated carbocycles. The van der Waals surface area contributed by atoms with Crippen molar-refractivity contribution in [2.45, 2.75) is 13.8 Å². The van der Waals surface area contributed by atoms with E-state index in [9.17, 15) is 4.79 Å². The van der Waals surface area contributed by atoms with E-state index in [-0.39, 0.29) is 0 Å². The van der Waals surface area contributed by atoms with E-state index in [2.05, 4.69) is 10.5 Å². The van der Waals surface area contributed by atoms with Gasteiger partial charge in [0.1, 0.15) is 16.8 Å². The molecule has 0 fully saturated rings. The van der Waals surface area contributed by atoms with Crippen molar-refractivity contribution >= 4 is 44.6 Å². The molecule has 0 spiro atoms. The van der Waals surface area contributed by atoms with Crippen molar-refractivity contribution in [1.29, 1.82) is 0 Å². The van der Waals surface area contributed by atoms with Gasteiger partial charge in [-0.25, -0.2) is 0 Å². The van der Waals surface area contributed by atoms with Crippen LogP contribution in [0.2, 0.25) is 0 Å². The molecule has 27 heavy (non-hydrogen) atoms. The van der Waals surface area contributed by atoms with Crippen molar-refractivity contribution in [1.82, 2.24) is 4.40 Å². The highest BCUT2D eigenvalue weighted by Gasteiger charge is 2.30. The number of fused-ring (bicyclic) bond motifs is 3. The summed E-state index contributed by atoms with van der Waals surface area (Å²) in [7, 11) is 1.65. The zero-order chi connectivity index (χ0) is 19.0. The van der Waals surface area contributed by atoms with Crippen LogP contribution in [0.5, 0.6) is 5.75 Å². The van der Waals surface area contributed by atoms with Crippen LogP contribution in [0.4, 0.5) is 5.82 Å². The molecule has 0 saturated heterocycles. The fourth-order valence-electron chi connectivity index (χ4n) is 4.40. The van der Waals surface area contributed by atoms with Crippen molar-refractivity contribution < 1.29 is 13.9 Å². The third kappa shape index (κ3) is 1.74. The molecule has 5 rings (SSSR count). The first-order valence-electron chi connectivity index (χ1n) is 8.71. The van der Waals surface area contributed by atoms with Crippen molar-refractivity contribution in [3.05, 3.63) is 53.2 Å². The first-order valence-corrected chi connectivity index (χ1v) is 8.71. The van der Waals surface area contributed by atoms with E-state index in [4.69, 9.17) is 16.2 Å². The van der Waals surface area contributed by atoms with Gasteiger partial charge in [-0.1, -0.05) is 6.07 Å². The first kappa shape index (κ1) is 15.7. The molecule has 3 aromatic heterocycles. The van der Waals surface area contributed by atoms with Gasteiger partial charge in [0.2, 0.25) is 0 Å².